The van der Waals surface area contributed by atoms with Crippen molar-refractivity contribution >= 4 is 6.29 Å². The summed E-state index contributed by atoms with van der Waals surface area (Å²) in [4.78, 5) is 14.5. The van der Waals surface area contributed by atoms with Crippen LogP contribution in [0.15, 0.2) is 30.7 Å². The average molecular weight is 231 g/mol. The highest BCUT2D eigenvalue weighted by Crippen LogP contribution is 2.18. The minimum atomic E-state index is 0.451. The highest BCUT2D eigenvalue weighted by atomic mass is 16.5. The van der Waals surface area contributed by atoms with Gasteiger partial charge in [-0.15, -0.1) is 0 Å². The number of aryl methyl sites for hydroxylation is 1. The Balaban J connectivity index is 2.05. The second-order valence-corrected chi connectivity index (χ2v) is 3.59. The average Bonchev–Trinajstić information content (AvgIpc) is 2.78. The monoisotopic (exact) mass is 231 g/mol. The lowest BCUT2D eigenvalue weighted by atomic mass is 10.3. The molecule has 0 fully saturated rings. The number of nitrogens with zero attached hydrogens (tertiary/aromatic N) is 3. The van der Waals surface area contributed by atoms with Crippen LogP contribution in [0.1, 0.15) is 23.7 Å². The molecule has 2 rings (SSSR count). The molecule has 2 aromatic rings. The van der Waals surface area contributed by atoms with Crippen molar-refractivity contribution in [3.05, 3.63) is 36.3 Å². The second kappa shape index (κ2) is 5.25. The second-order valence-electron chi connectivity index (χ2n) is 3.59. The van der Waals surface area contributed by atoms with E-state index < -0.39 is 0 Å². The molecule has 0 bridgehead atoms. The van der Waals surface area contributed by atoms with Crippen LogP contribution < -0.4 is 4.74 Å². The van der Waals surface area contributed by atoms with E-state index in [1.807, 2.05) is 10.9 Å². The van der Waals surface area contributed by atoms with Crippen molar-refractivity contribution < 1.29 is 9.53 Å². The number of hydrogen-bond donors (Lipinski definition) is 0. The number of ether oxygens (including phenoxy) is 1. The summed E-state index contributed by atoms with van der Waals surface area (Å²) in [6, 6.07) is 3.31. The zero-order valence-corrected chi connectivity index (χ0v) is 9.54. The van der Waals surface area contributed by atoms with Gasteiger partial charge in [-0.2, -0.15) is 5.10 Å². The summed E-state index contributed by atoms with van der Waals surface area (Å²) in [6.45, 7) is 2.95. The molecule has 0 atom stereocenters. The number of hydrogen-bond acceptors (Lipinski definition) is 4. The SMILES string of the molecule is CCCn1cc(Oc2ccc(C=O)cn2)cn1. The number of carbonyl (C=O) groups excluding carboxylic acids is 1. The van der Waals surface area contributed by atoms with Crippen molar-refractivity contribution in [3.8, 4) is 11.6 Å². The van der Waals surface area contributed by atoms with Crippen LogP contribution in [0.5, 0.6) is 11.6 Å². The topological polar surface area (TPSA) is 57.0 Å². The van der Waals surface area contributed by atoms with E-state index in [1.54, 1.807) is 18.3 Å². The maximum Gasteiger partial charge on any atom is 0.219 e. The van der Waals surface area contributed by atoms with Gasteiger partial charge in [0.2, 0.25) is 5.88 Å². The smallest absolute Gasteiger partial charge is 0.219 e. The molecule has 0 aliphatic heterocycles. The fraction of sp³-hybridized carbons (Fsp3) is 0.250. The van der Waals surface area contributed by atoms with E-state index in [9.17, 15) is 4.79 Å². The van der Waals surface area contributed by atoms with Gasteiger partial charge in [-0.05, 0) is 12.5 Å². The van der Waals surface area contributed by atoms with Crippen LogP contribution in [0.3, 0.4) is 0 Å². The Kier molecular flexibility index (Phi) is 3.49. The van der Waals surface area contributed by atoms with Gasteiger partial charge in [0.15, 0.2) is 12.0 Å². The molecule has 0 spiro atoms. The van der Waals surface area contributed by atoms with Gasteiger partial charge in [-0.3, -0.25) is 9.48 Å². The maximum absolute atomic E-state index is 10.5. The van der Waals surface area contributed by atoms with Crippen LogP contribution >= 0.6 is 0 Å². The van der Waals surface area contributed by atoms with Crippen LogP contribution in [0, 0.1) is 0 Å². The van der Waals surface area contributed by atoms with Crippen LogP contribution in [0.25, 0.3) is 0 Å². The third kappa shape index (κ3) is 2.90. The Hall–Kier alpha value is -2.17. The molecule has 0 radical (unpaired) electrons. The molecule has 2 heterocycles. The van der Waals surface area contributed by atoms with Crippen molar-refractivity contribution in [2.75, 3.05) is 0 Å². The van der Waals surface area contributed by atoms with Gasteiger partial charge in [-0.25, -0.2) is 4.98 Å². The summed E-state index contributed by atoms with van der Waals surface area (Å²) in [5.41, 5.74) is 0.527. The highest BCUT2D eigenvalue weighted by Gasteiger charge is 2.02. The van der Waals surface area contributed by atoms with Gasteiger partial charge in [0.05, 0.1) is 12.4 Å². The number of aldehydes is 1. The van der Waals surface area contributed by atoms with Crippen molar-refractivity contribution in [1.82, 2.24) is 14.8 Å². The van der Waals surface area contributed by atoms with Crippen LogP contribution in [0.4, 0.5) is 0 Å². The van der Waals surface area contributed by atoms with E-state index in [2.05, 4.69) is 17.0 Å². The first kappa shape index (κ1) is 11.3. The van der Waals surface area contributed by atoms with E-state index >= 15 is 0 Å². The molecule has 0 aliphatic rings. The standard InChI is InChI=1S/C12H13N3O2/c1-2-5-15-8-11(7-14-15)17-12-4-3-10(9-16)6-13-12/h3-4,6-9H,2,5H2,1H3. The lowest BCUT2D eigenvalue weighted by Gasteiger charge is -2.00. The maximum atomic E-state index is 10.5. The normalized spacial score (nSPS) is 10.2. The van der Waals surface area contributed by atoms with Crippen LogP contribution in [-0.4, -0.2) is 21.1 Å². The third-order valence-corrected chi connectivity index (χ3v) is 2.18. The Morgan fingerprint density at radius 2 is 2.29 bits per heavy atom. The summed E-state index contributed by atoms with van der Waals surface area (Å²) in [5, 5.41) is 4.14. The van der Waals surface area contributed by atoms with Crippen LogP contribution in [0.2, 0.25) is 0 Å². The number of pyridine rings is 1. The molecule has 88 valence electrons. The lowest BCUT2D eigenvalue weighted by Crippen LogP contribution is -1.95. The molecule has 0 saturated heterocycles. The molecule has 0 unspecified atom stereocenters. The minimum Gasteiger partial charge on any atom is -0.436 e. The van der Waals surface area contributed by atoms with E-state index in [4.69, 9.17) is 4.74 Å². The molecule has 0 aromatic carbocycles. The van der Waals surface area contributed by atoms with Gasteiger partial charge in [-0.1, -0.05) is 6.92 Å². The van der Waals surface area contributed by atoms with Crippen molar-refractivity contribution in [2.24, 2.45) is 0 Å². The fourth-order valence-electron chi connectivity index (χ4n) is 1.39. The van der Waals surface area contributed by atoms with Crippen LogP contribution in [-0.2, 0) is 6.54 Å². The highest BCUT2D eigenvalue weighted by molar-refractivity contribution is 5.74. The quantitative estimate of drug-likeness (QED) is 0.741. The minimum absolute atomic E-state index is 0.451. The summed E-state index contributed by atoms with van der Waals surface area (Å²) in [7, 11) is 0. The zero-order chi connectivity index (χ0) is 12.1. The van der Waals surface area contributed by atoms with Gasteiger partial charge >= 0.3 is 0 Å². The van der Waals surface area contributed by atoms with E-state index in [0.29, 0.717) is 17.2 Å². The first-order valence-electron chi connectivity index (χ1n) is 5.43. The number of carbonyl (C=O) groups is 1. The number of aromatic nitrogens is 3. The number of rotatable bonds is 5. The van der Waals surface area contributed by atoms with Crippen molar-refractivity contribution in [2.45, 2.75) is 19.9 Å². The van der Waals surface area contributed by atoms with E-state index in [-0.39, 0.29) is 0 Å². The summed E-state index contributed by atoms with van der Waals surface area (Å²) in [6.07, 6.45) is 6.70. The lowest BCUT2D eigenvalue weighted by molar-refractivity contribution is 0.112. The predicted molar refractivity (Wildman–Crippen MR) is 62.2 cm³/mol. The molecule has 0 amide bonds. The largest absolute Gasteiger partial charge is 0.436 e. The Morgan fingerprint density at radius 1 is 1.41 bits per heavy atom. The Morgan fingerprint density at radius 3 is 2.94 bits per heavy atom. The molecular weight excluding hydrogens is 218 g/mol. The first-order chi connectivity index (χ1) is 8.31. The van der Waals surface area contributed by atoms with Gasteiger partial charge < -0.3 is 4.74 Å². The molecule has 0 N–H and O–H groups in total. The van der Waals surface area contributed by atoms with E-state index in [1.165, 1.54) is 6.20 Å². The van der Waals surface area contributed by atoms with Crippen molar-refractivity contribution in [3.63, 3.8) is 0 Å². The summed E-state index contributed by atoms with van der Waals surface area (Å²) in [5.74, 6) is 1.09. The molecule has 0 aliphatic carbocycles. The Labute approximate surface area is 99.1 Å². The molecule has 5 nitrogen and oxygen atoms in total. The third-order valence-electron chi connectivity index (χ3n) is 2.18. The van der Waals surface area contributed by atoms with E-state index in [0.717, 1.165) is 19.3 Å². The molecule has 0 saturated carbocycles. The Bertz CT molecular complexity index is 491. The predicted octanol–water partition coefficient (Wildman–Crippen LogP) is 2.29. The molecule has 5 heteroatoms. The van der Waals surface area contributed by atoms with Gasteiger partial charge in [0.25, 0.3) is 0 Å². The zero-order valence-electron chi connectivity index (χ0n) is 9.54. The van der Waals surface area contributed by atoms with Gasteiger partial charge in [0, 0.05) is 24.4 Å². The molecular formula is C12H13N3O2. The first-order valence-corrected chi connectivity index (χ1v) is 5.43. The fourth-order valence-corrected chi connectivity index (χ4v) is 1.39. The molecule has 17 heavy (non-hydrogen) atoms. The van der Waals surface area contributed by atoms with Crippen molar-refractivity contribution in [1.29, 1.82) is 0 Å². The van der Waals surface area contributed by atoms with Gasteiger partial charge in [0.1, 0.15) is 0 Å². The molecule has 2 aromatic heterocycles. The summed E-state index contributed by atoms with van der Waals surface area (Å²) < 4.78 is 7.31. The summed E-state index contributed by atoms with van der Waals surface area (Å²) >= 11 is 0.